The van der Waals surface area contributed by atoms with E-state index in [-0.39, 0.29) is 5.97 Å². The van der Waals surface area contributed by atoms with E-state index in [4.69, 9.17) is 14.6 Å². The minimum Gasteiger partial charge on any atom is -0.464 e. The third-order valence-electron chi connectivity index (χ3n) is 3.40. The van der Waals surface area contributed by atoms with Gasteiger partial charge >= 0.3 is 5.97 Å². The Labute approximate surface area is 119 Å². The number of carbonyl (C=O) groups excluding carboxylic acids is 1. The van der Waals surface area contributed by atoms with E-state index in [0.717, 1.165) is 12.8 Å². The number of hydrogen-bond acceptors (Lipinski definition) is 5. The highest BCUT2D eigenvalue weighted by Gasteiger charge is 2.20. The van der Waals surface area contributed by atoms with E-state index < -0.39 is 6.04 Å². The summed E-state index contributed by atoms with van der Waals surface area (Å²) in [4.78, 5) is 21.5. The number of para-hydroxylation sites is 1. The van der Waals surface area contributed by atoms with E-state index in [9.17, 15) is 4.79 Å². The molecule has 2 rings (SSSR count). The zero-order valence-corrected chi connectivity index (χ0v) is 11.7. The van der Waals surface area contributed by atoms with Gasteiger partial charge < -0.3 is 9.62 Å². The number of esters is 1. The van der Waals surface area contributed by atoms with Gasteiger partial charge in [-0.1, -0.05) is 36.0 Å². The maximum atomic E-state index is 11.7. The van der Waals surface area contributed by atoms with Gasteiger partial charge in [-0.2, -0.15) is 0 Å². The van der Waals surface area contributed by atoms with Crippen molar-refractivity contribution in [3.05, 3.63) is 30.3 Å². The molecule has 1 aliphatic rings. The molecule has 0 spiro atoms. The van der Waals surface area contributed by atoms with E-state index in [2.05, 4.69) is 5.48 Å². The van der Waals surface area contributed by atoms with Crippen LogP contribution in [0.4, 0.5) is 0 Å². The fourth-order valence-corrected chi connectivity index (χ4v) is 2.17. The molecule has 0 bridgehead atoms. The van der Waals surface area contributed by atoms with Gasteiger partial charge in [0, 0.05) is 0 Å². The average Bonchev–Trinajstić information content (AvgIpc) is 2.99. The third kappa shape index (κ3) is 4.83. The lowest BCUT2D eigenvalue weighted by Crippen LogP contribution is -2.36. The summed E-state index contributed by atoms with van der Waals surface area (Å²) in [5.41, 5.74) is 2.51. The fraction of sp³-hybridized carbons (Fsp3) is 0.533. The van der Waals surface area contributed by atoms with Crippen molar-refractivity contribution in [3.63, 3.8) is 0 Å². The van der Waals surface area contributed by atoms with Crippen molar-refractivity contribution in [2.75, 3.05) is 6.61 Å². The zero-order chi connectivity index (χ0) is 14.2. The Morgan fingerprint density at radius 2 is 2.00 bits per heavy atom. The van der Waals surface area contributed by atoms with E-state index in [1.165, 1.54) is 12.8 Å². The monoisotopic (exact) mass is 279 g/mol. The first-order chi connectivity index (χ1) is 9.75. The van der Waals surface area contributed by atoms with Crippen molar-refractivity contribution in [1.29, 1.82) is 0 Å². The molecule has 0 amide bonds. The summed E-state index contributed by atoms with van der Waals surface area (Å²) in [5.74, 6) is 0.757. The Bertz CT molecular complexity index is 404. The first-order valence-electron chi connectivity index (χ1n) is 7.06. The van der Waals surface area contributed by atoms with Crippen LogP contribution in [-0.4, -0.2) is 18.6 Å². The van der Waals surface area contributed by atoms with Crippen LogP contribution in [0.25, 0.3) is 0 Å². The van der Waals surface area contributed by atoms with Crippen LogP contribution < -0.4 is 10.4 Å². The summed E-state index contributed by atoms with van der Waals surface area (Å²) >= 11 is 0. The highest BCUT2D eigenvalue weighted by atomic mass is 17.3. The molecule has 0 radical (unpaired) electrons. The van der Waals surface area contributed by atoms with Crippen LogP contribution in [0.2, 0.25) is 0 Å². The van der Waals surface area contributed by atoms with Crippen molar-refractivity contribution in [2.24, 2.45) is 5.92 Å². The molecule has 0 heterocycles. The zero-order valence-electron chi connectivity index (χ0n) is 11.7. The molecule has 0 aromatic heterocycles. The molecule has 0 saturated heterocycles. The summed E-state index contributed by atoms with van der Waals surface area (Å²) in [7, 11) is 0. The normalized spacial score (nSPS) is 16.9. The highest BCUT2D eigenvalue weighted by molar-refractivity contribution is 5.75. The molecule has 5 nitrogen and oxygen atoms in total. The molecule has 20 heavy (non-hydrogen) atoms. The van der Waals surface area contributed by atoms with E-state index in [0.29, 0.717) is 18.3 Å². The number of rotatable bonds is 7. The van der Waals surface area contributed by atoms with Gasteiger partial charge in [-0.25, -0.2) is 0 Å². The maximum Gasteiger partial charge on any atom is 0.325 e. The molecular weight excluding hydrogens is 258 g/mol. The smallest absolute Gasteiger partial charge is 0.325 e. The van der Waals surface area contributed by atoms with Gasteiger partial charge in [-0.05, 0) is 37.8 Å². The van der Waals surface area contributed by atoms with Crippen LogP contribution in [0.3, 0.4) is 0 Å². The van der Waals surface area contributed by atoms with Crippen LogP contribution in [0.5, 0.6) is 5.75 Å². The quantitative estimate of drug-likeness (QED) is 0.472. The van der Waals surface area contributed by atoms with E-state index >= 15 is 0 Å². The molecule has 1 N–H and O–H groups in total. The fourth-order valence-electron chi connectivity index (χ4n) is 2.17. The largest absolute Gasteiger partial charge is 0.464 e. The highest BCUT2D eigenvalue weighted by Crippen LogP contribution is 2.24. The molecular formula is C15H21NO4. The number of carbonyl (C=O) groups is 1. The number of hydroxylamine groups is 1. The molecule has 5 heteroatoms. The van der Waals surface area contributed by atoms with Gasteiger partial charge in [0.25, 0.3) is 0 Å². The molecule has 1 saturated carbocycles. The topological polar surface area (TPSA) is 56.8 Å². The first kappa shape index (κ1) is 14.8. The molecule has 0 unspecified atom stereocenters. The molecule has 1 aliphatic carbocycles. The van der Waals surface area contributed by atoms with E-state index in [1.54, 1.807) is 19.1 Å². The molecule has 110 valence electrons. The predicted octanol–water partition coefficient (Wildman–Crippen LogP) is 2.62. The SMILES string of the molecule is C[C@H](NOOc1ccccc1)C(=O)OCC1CCCC1. The molecule has 1 aromatic rings. The lowest BCUT2D eigenvalue weighted by Gasteiger charge is -2.14. The molecule has 0 aliphatic heterocycles. The predicted molar refractivity (Wildman–Crippen MR) is 73.7 cm³/mol. The van der Waals surface area contributed by atoms with Gasteiger partial charge in [0.1, 0.15) is 6.04 Å². The van der Waals surface area contributed by atoms with Crippen molar-refractivity contribution < 1.29 is 19.4 Å². The Hall–Kier alpha value is -1.59. The van der Waals surface area contributed by atoms with Crippen LogP contribution in [0, 0.1) is 5.92 Å². The summed E-state index contributed by atoms with van der Waals surface area (Å²) in [6.45, 7) is 2.18. The summed E-state index contributed by atoms with van der Waals surface area (Å²) in [5, 5.41) is 0. The molecule has 1 fully saturated rings. The Balaban J connectivity index is 1.61. The second kappa shape index (κ2) is 7.87. The Kier molecular flexibility index (Phi) is 5.83. The third-order valence-corrected chi connectivity index (χ3v) is 3.40. The lowest BCUT2D eigenvalue weighted by molar-refractivity contribution is -0.265. The van der Waals surface area contributed by atoms with Crippen molar-refractivity contribution in [2.45, 2.75) is 38.6 Å². The van der Waals surface area contributed by atoms with Crippen molar-refractivity contribution in [3.8, 4) is 5.75 Å². The summed E-state index contributed by atoms with van der Waals surface area (Å²) in [6, 6.07) is 8.48. The minimum atomic E-state index is -0.569. The lowest BCUT2D eigenvalue weighted by atomic mass is 10.1. The van der Waals surface area contributed by atoms with Gasteiger partial charge in [-0.15, -0.1) is 5.48 Å². The minimum absolute atomic E-state index is 0.325. The van der Waals surface area contributed by atoms with Crippen LogP contribution in [-0.2, 0) is 14.5 Å². The summed E-state index contributed by atoms with van der Waals surface area (Å²) < 4.78 is 5.25. The van der Waals surface area contributed by atoms with Crippen LogP contribution >= 0.6 is 0 Å². The Morgan fingerprint density at radius 1 is 1.30 bits per heavy atom. The summed E-state index contributed by atoms with van der Waals surface area (Å²) in [6.07, 6.45) is 4.79. The van der Waals surface area contributed by atoms with Gasteiger partial charge in [-0.3, -0.25) is 4.79 Å². The van der Waals surface area contributed by atoms with Crippen LogP contribution in [0.1, 0.15) is 32.6 Å². The average molecular weight is 279 g/mol. The van der Waals surface area contributed by atoms with Crippen molar-refractivity contribution >= 4 is 5.97 Å². The number of nitrogens with one attached hydrogen (secondary N) is 1. The van der Waals surface area contributed by atoms with Gasteiger partial charge in [0.15, 0.2) is 5.75 Å². The maximum absolute atomic E-state index is 11.7. The molecule has 1 atom stereocenters. The van der Waals surface area contributed by atoms with Gasteiger partial charge in [0.2, 0.25) is 0 Å². The first-order valence-corrected chi connectivity index (χ1v) is 7.06. The second-order valence-electron chi connectivity index (χ2n) is 5.10. The Morgan fingerprint density at radius 3 is 2.70 bits per heavy atom. The number of ether oxygens (including phenoxy) is 1. The van der Waals surface area contributed by atoms with Crippen LogP contribution in [0.15, 0.2) is 30.3 Å². The number of benzene rings is 1. The molecule has 1 aromatic carbocycles. The number of hydrogen-bond donors (Lipinski definition) is 1. The van der Waals surface area contributed by atoms with E-state index in [1.807, 2.05) is 18.2 Å². The standard InChI is InChI=1S/C15H21NO4/c1-12(15(17)18-11-13-7-5-6-8-13)16-20-19-14-9-3-2-4-10-14/h2-4,9-10,12-13,16H,5-8,11H2,1H3/t12-/m0/s1. The van der Waals surface area contributed by atoms with Crippen molar-refractivity contribution in [1.82, 2.24) is 5.48 Å². The second-order valence-corrected chi connectivity index (χ2v) is 5.10. The van der Waals surface area contributed by atoms with Gasteiger partial charge in [0.05, 0.1) is 6.61 Å².